The monoisotopic (exact) mass is 372 g/mol. The van der Waals surface area contributed by atoms with Gasteiger partial charge in [0.15, 0.2) is 5.11 Å². The predicted octanol–water partition coefficient (Wildman–Crippen LogP) is 2.59. The fourth-order valence-corrected chi connectivity index (χ4v) is 3.88. The minimum Gasteiger partial charge on any atom is -0.376 e. The third kappa shape index (κ3) is 3.73. The van der Waals surface area contributed by atoms with E-state index >= 15 is 0 Å². The second-order valence-corrected chi connectivity index (χ2v) is 7.41. The number of aromatic nitrogens is 2. The standard InChI is InChI=1S/C19H24N4O2S/c24-18-15-11-13(21-19(26)20-12-14-5-4-10-25-14)7-8-16(15)22-17-6-2-1-3-9-23(17)18/h7-8,11,14H,1-6,9-10,12H2,(H2,20,21,26)/t14-/m1/s1. The highest BCUT2D eigenvalue weighted by molar-refractivity contribution is 7.80. The lowest BCUT2D eigenvalue weighted by molar-refractivity contribution is 0.114. The molecule has 0 bridgehead atoms. The molecular formula is C19H24N4O2S. The number of hydrogen-bond acceptors (Lipinski definition) is 4. The van der Waals surface area contributed by atoms with Gasteiger partial charge in [0, 0.05) is 31.8 Å². The summed E-state index contributed by atoms with van der Waals surface area (Å²) in [7, 11) is 0. The van der Waals surface area contributed by atoms with Crippen molar-refractivity contribution >= 4 is 33.9 Å². The molecular weight excluding hydrogens is 348 g/mol. The van der Waals surface area contributed by atoms with E-state index in [1.807, 2.05) is 22.8 Å². The van der Waals surface area contributed by atoms with Crippen LogP contribution in [0.5, 0.6) is 0 Å². The van der Waals surface area contributed by atoms with E-state index in [0.29, 0.717) is 17.0 Å². The molecule has 2 N–H and O–H groups in total. The van der Waals surface area contributed by atoms with Gasteiger partial charge in [0.1, 0.15) is 5.82 Å². The predicted molar refractivity (Wildman–Crippen MR) is 107 cm³/mol. The van der Waals surface area contributed by atoms with Gasteiger partial charge in [0.05, 0.1) is 17.0 Å². The average molecular weight is 372 g/mol. The van der Waals surface area contributed by atoms with Gasteiger partial charge >= 0.3 is 0 Å². The van der Waals surface area contributed by atoms with Crippen LogP contribution in [0.25, 0.3) is 10.9 Å². The van der Waals surface area contributed by atoms with Crippen LogP contribution in [0.2, 0.25) is 0 Å². The first-order chi connectivity index (χ1) is 12.7. The fraction of sp³-hybridized carbons (Fsp3) is 0.526. The van der Waals surface area contributed by atoms with Crippen molar-refractivity contribution < 1.29 is 4.74 Å². The topological polar surface area (TPSA) is 68.2 Å². The molecule has 2 aromatic rings. The first-order valence-electron chi connectivity index (χ1n) is 9.40. The molecule has 1 fully saturated rings. The van der Waals surface area contributed by atoms with Gasteiger partial charge in [-0.3, -0.25) is 9.36 Å². The third-order valence-corrected chi connectivity index (χ3v) is 5.33. The Balaban J connectivity index is 1.52. The van der Waals surface area contributed by atoms with E-state index < -0.39 is 0 Å². The second kappa shape index (κ2) is 7.72. The van der Waals surface area contributed by atoms with E-state index in [4.69, 9.17) is 21.9 Å². The van der Waals surface area contributed by atoms with Crippen LogP contribution in [0.3, 0.4) is 0 Å². The number of fused-ring (bicyclic) bond motifs is 2. The Morgan fingerprint density at radius 3 is 3.08 bits per heavy atom. The van der Waals surface area contributed by atoms with Crippen LogP contribution in [0.15, 0.2) is 23.0 Å². The number of benzene rings is 1. The Hall–Kier alpha value is -1.99. The molecule has 0 unspecified atom stereocenters. The third-order valence-electron chi connectivity index (χ3n) is 5.09. The minimum absolute atomic E-state index is 0.0498. The van der Waals surface area contributed by atoms with Gasteiger partial charge in [-0.25, -0.2) is 4.98 Å². The maximum absolute atomic E-state index is 12.9. The molecule has 1 atom stereocenters. The first-order valence-corrected chi connectivity index (χ1v) is 9.81. The molecule has 26 heavy (non-hydrogen) atoms. The molecule has 0 aliphatic carbocycles. The van der Waals surface area contributed by atoms with Crippen LogP contribution in [0.4, 0.5) is 5.69 Å². The number of hydrogen-bond donors (Lipinski definition) is 2. The van der Waals surface area contributed by atoms with Crippen molar-refractivity contribution in [2.45, 2.75) is 51.2 Å². The maximum atomic E-state index is 12.9. The maximum Gasteiger partial charge on any atom is 0.261 e. The summed E-state index contributed by atoms with van der Waals surface area (Å²) >= 11 is 5.36. The Bertz CT molecular complexity index is 874. The van der Waals surface area contributed by atoms with Crippen molar-refractivity contribution in [1.29, 1.82) is 0 Å². The molecule has 2 aliphatic rings. The zero-order chi connectivity index (χ0) is 17.9. The smallest absolute Gasteiger partial charge is 0.261 e. The molecule has 1 aromatic heterocycles. The van der Waals surface area contributed by atoms with Crippen LogP contribution in [-0.2, 0) is 17.7 Å². The zero-order valence-corrected chi connectivity index (χ0v) is 15.6. The molecule has 0 saturated carbocycles. The highest BCUT2D eigenvalue weighted by atomic mass is 32.1. The van der Waals surface area contributed by atoms with Gasteiger partial charge in [0.2, 0.25) is 0 Å². The molecule has 3 heterocycles. The van der Waals surface area contributed by atoms with Gasteiger partial charge in [-0.2, -0.15) is 0 Å². The summed E-state index contributed by atoms with van der Waals surface area (Å²) in [5, 5.41) is 7.54. The lowest BCUT2D eigenvalue weighted by Gasteiger charge is -2.15. The molecule has 0 radical (unpaired) electrons. The van der Waals surface area contributed by atoms with Crippen LogP contribution in [0.1, 0.15) is 37.9 Å². The van der Waals surface area contributed by atoms with Crippen molar-refractivity contribution in [2.24, 2.45) is 0 Å². The molecule has 1 aromatic carbocycles. The largest absolute Gasteiger partial charge is 0.376 e. The summed E-state index contributed by atoms with van der Waals surface area (Å²) in [6.45, 7) is 2.30. The molecule has 2 aliphatic heterocycles. The van der Waals surface area contributed by atoms with Crippen molar-refractivity contribution in [2.75, 3.05) is 18.5 Å². The highest BCUT2D eigenvalue weighted by Gasteiger charge is 2.16. The number of nitrogens with zero attached hydrogens (tertiary/aromatic N) is 2. The van der Waals surface area contributed by atoms with E-state index in [9.17, 15) is 4.79 Å². The molecule has 4 rings (SSSR count). The Labute approximate surface area is 157 Å². The number of thiocarbonyl (C=S) groups is 1. The fourth-order valence-electron chi connectivity index (χ4n) is 3.68. The van der Waals surface area contributed by atoms with Crippen LogP contribution in [-0.4, -0.2) is 33.9 Å². The van der Waals surface area contributed by atoms with Gasteiger partial charge in [-0.15, -0.1) is 0 Å². The van der Waals surface area contributed by atoms with E-state index in [2.05, 4.69) is 10.6 Å². The van der Waals surface area contributed by atoms with E-state index in [1.165, 1.54) is 0 Å². The number of nitrogens with one attached hydrogen (secondary N) is 2. The molecule has 0 spiro atoms. The summed E-state index contributed by atoms with van der Waals surface area (Å²) in [4.78, 5) is 17.6. The lowest BCUT2D eigenvalue weighted by atomic mass is 10.2. The zero-order valence-electron chi connectivity index (χ0n) is 14.8. The first kappa shape index (κ1) is 17.4. The van der Waals surface area contributed by atoms with Crippen LogP contribution < -0.4 is 16.2 Å². The van der Waals surface area contributed by atoms with Crippen LogP contribution >= 0.6 is 12.2 Å². The summed E-state index contributed by atoms with van der Waals surface area (Å²) in [5.74, 6) is 0.912. The molecule has 1 saturated heterocycles. The van der Waals surface area contributed by atoms with Gasteiger partial charge < -0.3 is 15.4 Å². The summed E-state index contributed by atoms with van der Waals surface area (Å²) in [6.07, 6.45) is 6.57. The number of aryl methyl sites for hydroxylation is 1. The SMILES string of the molecule is O=c1c2cc(NC(=S)NC[C@H]3CCCO3)ccc2nc2n1CCCCC2. The summed E-state index contributed by atoms with van der Waals surface area (Å²) < 4.78 is 7.43. The van der Waals surface area contributed by atoms with Crippen molar-refractivity contribution in [3.8, 4) is 0 Å². The lowest BCUT2D eigenvalue weighted by Crippen LogP contribution is -2.34. The number of rotatable bonds is 3. The van der Waals surface area contributed by atoms with E-state index in [-0.39, 0.29) is 11.7 Å². The molecule has 0 amide bonds. The summed E-state index contributed by atoms with van der Waals surface area (Å²) in [5.41, 5.74) is 1.61. The number of ether oxygens (including phenoxy) is 1. The molecule has 6 nitrogen and oxygen atoms in total. The Morgan fingerprint density at radius 1 is 1.31 bits per heavy atom. The normalized spacial score (nSPS) is 19.8. The molecule has 7 heteroatoms. The van der Waals surface area contributed by atoms with Gasteiger partial charge in [-0.05, 0) is 56.1 Å². The van der Waals surface area contributed by atoms with Crippen LogP contribution in [0, 0.1) is 0 Å². The second-order valence-electron chi connectivity index (χ2n) is 7.00. The van der Waals surface area contributed by atoms with Crippen molar-refractivity contribution in [3.63, 3.8) is 0 Å². The van der Waals surface area contributed by atoms with Gasteiger partial charge in [-0.1, -0.05) is 6.42 Å². The molecule has 138 valence electrons. The van der Waals surface area contributed by atoms with Crippen molar-refractivity contribution in [1.82, 2.24) is 14.9 Å². The Kier molecular flexibility index (Phi) is 5.17. The average Bonchev–Trinajstić information content (AvgIpc) is 3.05. The highest BCUT2D eigenvalue weighted by Crippen LogP contribution is 2.18. The quantitative estimate of drug-likeness (QED) is 0.808. The summed E-state index contributed by atoms with van der Waals surface area (Å²) in [6, 6.07) is 5.67. The number of anilines is 1. The Morgan fingerprint density at radius 2 is 2.23 bits per heavy atom. The van der Waals surface area contributed by atoms with Gasteiger partial charge in [0.25, 0.3) is 5.56 Å². The van der Waals surface area contributed by atoms with Crippen molar-refractivity contribution in [3.05, 3.63) is 34.4 Å². The minimum atomic E-state index is 0.0498. The van der Waals surface area contributed by atoms with E-state index in [1.54, 1.807) is 0 Å². The van der Waals surface area contributed by atoms with E-state index in [0.717, 1.165) is 68.7 Å².